The Morgan fingerprint density at radius 3 is 2.55 bits per heavy atom. The van der Waals surface area contributed by atoms with Gasteiger partial charge in [-0.1, -0.05) is 11.6 Å². The minimum Gasteiger partial charge on any atom is -0.339 e. The quantitative estimate of drug-likeness (QED) is 0.641. The van der Waals surface area contributed by atoms with Crippen molar-refractivity contribution in [2.24, 2.45) is 0 Å². The Hall–Kier alpha value is -3.27. The third-order valence-electron chi connectivity index (χ3n) is 3.61. The van der Waals surface area contributed by atoms with Crippen LogP contribution in [0, 0.1) is 6.92 Å². The fourth-order valence-electron chi connectivity index (χ4n) is 2.45. The van der Waals surface area contributed by atoms with Gasteiger partial charge in [-0.05, 0) is 13.0 Å². The van der Waals surface area contributed by atoms with Gasteiger partial charge in [-0.2, -0.15) is 19.0 Å². The van der Waals surface area contributed by atoms with Crippen molar-refractivity contribution in [1.29, 1.82) is 0 Å². The number of carbonyl (C=O) groups is 1. The predicted octanol–water partition coefficient (Wildman–Crippen LogP) is 4.10. The lowest BCUT2D eigenvalue weighted by Crippen LogP contribution is -2.14. The van der Waals surface area contributed by atoms with Gasteiger partial charge in [0.2, 0.25) is 11.7 Å². The van der Waals surface area contributed by atoms with Crippen LogP contribution in [0.25, 0.3) is 11.3 Å². The average Bonchev–Trinajstić information content (AvgIpc) is 2.60. The SMILES string of the molecule is CC(=O)Nc1cc(Nc2cc(C)nc(C(C)(F)F)n2)c(-c2cc(Cl)cnn2)cn1. The van der Waals surface area contributed by atoms with Gasteiger partial charge in [0.25, 0.3) is 0 Å². The number of alkyl halides is 2. The van der Waals surface area contributed by atoms with E-state index in [2.05, 4.69) is 35.8 Å². The number of pyridine rings is 1. The number of amides is 1. The number of hydrogen-bond donors (Lipinski definition) is 2. The van der Waals surface area contributed by atoms with E-state index in [1.807, 2.05) is 0 Å². The van der Waals surface area contributed by atoms with E-state index in [0.717, 1.165) is 6.92 Å². The molecule has 0 atom stereocenters. The van der Waals surface area contributed by atoms with Crippen molar-refractivity contribution >= 4 is 34.8 Å². The summed E-state index contributed by atoms with van der Waals surface area (Å²) in [7, 11) is 0. The summed E-state index contributed by atoms with van der Waals surface area (Å²) in [5.74, 6) is -3.73. The van der Waals surface area contributed by atoms with Crippen molar-refractivity contribution in [3.05, 3.63) is 47.1 Å². The average molecular weight is 420 g/mol. The van der Waals surface area contributed by atoms with Crippen LogP contribution in [0.2, 0.25) is 5.02 Å². The van der Waals surface area contributed by atoms with Crippen LogP contribution in [0.3, 0.4) is 0 Å². The first-order valence-corrected chi connectivity index (χ1v) is 8.77. The molecule has 11 heteroatoms. The molecular formula is C18H16ClF2N7O. The molecule has 3 aromatic rings. The molecule has 0 aliphatic carbocycles. The second kappa shape index (κ2) is 8.00. The second-order valence-electron chi connectivity index (χ2n) is 6.29. The van der Waals surface area contributed by atoms with Gasteiger partial charge in [0, 0.05) is 43.4 Å². The Kier molecular flexibility index (Phi) is 5.64. The minimum atomic E-state index is -3.21. The Morgan fingerprint density at radius 1 is 1.14 bits per heavy atom. The van der Waals surface area contributed by atoms with E-state index in [4.69, 9.17) is 11.6 Å². The molecule has 8 nitrogen and oxygen atoms in total. The predicted molar refractivity (Wildman–Crippen MR) is 104 cm³/mol. The van der Waals surface area contributed by atoms with Crippen LogP contribution < -0.4 is 10.6 Å². The van der Waals surface area contributed by atoms with E-state index >= 15 is 0 Å². The van der Waals surface area contributed by atoms with Crippen molar-refractivity contribution in [3.63, 3.8) is 0 Å². The first-order valence-electron chi connectivity index (χ1n) is 8.39. The van der Waals surface area contributed by atoms with Crippen molar-refractivity contribution in [2.45, 2.75) is 26.7 Å². The minimum absolute atomic E-state index is 0.144. The molecule has 29 heavy (non-hydrogen) atoms. The number of carbonyl (C=O) groups excluding carboxylic acids is 1. The number of halogens is 3. The molecular weight excluding hydrogens is 404 g/mol. The zero-order valence-corrected chi connectivity index (χ0v) is 16.4. The van der Waals surface area contributed by atoms with Crippen LogP contribution in [-0.4, -0.2) is 31.1 Å². The van der Waals surface area contributed by atoms with Crippen molar-refractivity contribution in [3.8, 4) is 11.3 Å². The number of hydrogen-bond acceptors (Lipinski definition) is 7. The van der Waals surface area contributed by atoms with Gasteiger partial charge in [-0.3, -0.25) is 4.79 Å². The van der Waals surface area contributed by atoms with Gasteiger partial charge in [0.15, 0.2) is 0 Å². The number of rotatable bonds is 5. The fourth-order valence-corrected chi connectivity index (χ4v) is 2.60. The summed E-state index contributed by atoms with van der Waals surface area (Å²) in [4.78, 5) is 23.2. The highest BCUT2D eigenvalue weighted by Crippen LogP contribution is 2.32. The van der Waals surface area contributed by atoms with Gasteiger partial charge >= 0.3 is 5.92 Å². The Labute approximate surface area is 169 Å². The Balaban J connectivity index is 2.09. The lowest BCUT2D eigenvalue weighted by molar-refractivity contribution is -0.114. The van der Waals surface area contributed by atoms with Gasteiger partial charge in [0.1, 0.15) is 11.6 Å². The fraction of sp³-hybridized carbons (Fsp3) is 0.222. The summed E-state index contributed by atoms with van der Waals surface area (Å²) in [6.07, 6.45) is 2.83. The summed E-state index contributed by atoms with van der Waals surface area (Å²) in [5, 5.41) is 13.7. The number of nitrogens with zero attached hydrogens (tertiary/aromatic N) is 5. The smallest absolute Gasteiger partial charge is 0.303 e. The van der Waals surface area contributed by atoms with Crippen LogP contribution >= 0.6 is 11.6 Å². The molecule has 3 aromatic heterocycles. The highest BCUT2D eigenvalue weighted by molar-refractivity contribution is 6.30. The van der Waals surface area contributed by atoms with Gasteiger partial charge in [-0.25, -0.2) is 15.0 Å². The Morgan fingerprint density at radius 2 is 1.90 bits per heavy atom. The summed E-state index contributed by atoms with van der Waals surface area (Å²) in [6, 6.07) is 4.62. The molecule has 0 bridgehead atoms. The second-order valence-corrected chi connectivity index (χ2v) is 6.72. The van der Waals surface area contributed by atoms with E-state index in [-0.39, 0.29) is 17.5 Å². The summed E-state index contributed by atoms with van der Waals surface area (Å²) in [6.45, 7) is 3.65. The zero-order valence-electron chi connectivity index (χ0n) is 15.7. The maximum atomic E-state index is 13.7. The first-order chi connectivity index (χ1) is 13.6. The molecule has 0 saturated carbocycles. The monoisotopic (exact) mass is 419 g/mol. The molecule has 0 aliphatic heterocycles. The van der Waals surface area contributed by atoms with Crippen LogP contribution in [0.5, 0.6) is 0 Å². The van der Waals surface area contributed by atoms with E-state index in [1.54, 1.807) is 13.0 Å². The molecule has 3 rings (SSSR count). The van der Waals surface area contributed by atoms with Crippen LogP contribution in [-0.2, 0) is 10.7 Å². The molecule has 0 unspecified atom stereocenters. The lowest BCUT2D eigenvalue weighted by atomic mass is 10.1. The standard InChI is InChI=1S/C18H16ClF2N7O/c1-9-4-16(27-17(24-9)18(3,20)21)26-13-6-15(25-10(2)29)22-8-12(13)14-5-11(19)7-23-28-14/h4-8H,1-3H3,(H2,22,24,25,26,27,29). The van der Waals surface area contributed by atoms with Gasteiger partial charge in [0.05, 0.1) is 22.6 Å². The maximum Gasteiger partial charge on any atom is 0.303 e. The topological polar surface area (TPSA) is 106 Å². The number of aromatic nitrogens is 5. The van der Waals surface area contributed by atoms with E-state index in [1.165, 1.54) is 31.5 Å². The number of anilines is 3. The molecule has 0 fully saturated rings. The lowest BCUT2D eigenvalue weighted by Gasteiger charge is -2.15. The maximum absolute atomic E-state index is 13.7. The van der Waals surface area contributed by atoms with Crippen molar-refractivity contribution < 1.29 is 13.6 Å². The van der Waals surface area contributed by atoms with E-state index in [9.17, 15) is 13.6 Å². The summed E-state index contributed by atoms with van der Waals surface area (Å²) in [5.41, 5.74) is 1.65. The van der Waals surface area contributed by atoms with Crippen molar-refractivity contribution in [1.82, 2.24) is 25.1 Å². The van der Waals surface area contributed by atoms with Crippen LogP contribution in [0.4, 0.5) is 26.1 Å². The third kappa shape index (κ3) is 5.17. The molecule has 0 aliphatic rings. The van der Waals surface area contributed by atoms with E-state index in [0.29, 0.717) is 27.7 Å². The molecule has 0 radical (unpaired) electrons. The molecule has 2 N–H and O–H groups in total. The largest absolute Gasteiger partial charge is 0.339 e. The van der Waals surface area contributed by atoms with Crippen LogP contribution in [0.1, 0.15) is 25.4 Å². The third-order valence-corrected chi connectivity index (χ3v) is 3.82. The summed E-state index contributed by atoms with van der Waals surface area (Å²) < 4.78 is 27.4. The van der Waals surface area contributed by atoms with Crippen molar-refractivity contribution in [2.75, 3.05) is 10.6 Å². The van der Waals surface area contributed by atoms with Gasteiger partial charge in [-0.15, -0.1) is 0 Å². The normalized spacial score (nSPS) is 11.2. The molecule has 0 aromatic carbocycles. The Bertz CT molecular complexity index is 1070. The highest BCUT2D eigenvalue weighted by atomic mass is 35.5. The summed E-state index contributed by atoms with van der Waals surface area (Å²) >= 11 is 5.99. The molecule has 1 amide bonds. The molecule has 3 heterocycles. The molecule has 0 spiro atoms. The number of nitrogens with one attached hydrogen (secondary N) is 2. The highest BCUT2D eigenvalue weighted by Gasteiger charge is 2.29. The van der Waals surface area contributed by atoms with Gasteiger partial charge < -0.3 is 10.6 Å². The zero-order chi connectivity index (χ0) is 21.2. The van der Waals surface area contributed by atoms with Crippen LogP contribution in [0.15, 0.2) is 30.6 Å². The number of aryl methyl sites for hydroxylation is 1. The molecule has 150 valence electrons. The molecule has 0 saturated heterocycles. The van der Waals surface area contributed by atoms with E-state index < -0.39 is 11.7 Å². The first kappa shape index (κ1) is 20.5.